The van der Waals surface area contributed by atoms with Crippen LogP contribution in [-0.2, 0) is 11.2 Å². The summed E-state index contributed by atoms with van der Waals surface area (Å²) in [5, 5.41) is 6.72. The quantitative estimate of drug-likeness (QED) is 0.868. The zero-order valence-electron chi connectivity index (χ0n) is 10.2. The van der Waals surface area contributed by atoms with Gasteiger partial charge in [0.1, 0.15) is 11.3 Å². The number of benzene rings is 1. The molecule has 4 nitrogen and oxygen atoms in total. The van der Waals surface area contributed by atoms with Gasteiger partial charge in [0.25, 0.3) is 0 Å². The maximum atomic E-state index is 11.2. The largest absolute Gasteiger partial charge is 0.461 e. The van der Waals surface area contributed by atoms with Crippen molar-refractivity contribution in [3.63, 3.8) is 0 Å². The van der Waals surface area contributed by atoms with Gasteiger partial charge in [-0.3, -0.25) is 4.79 Å². The Bertz CT molecular complexity index is 477. The van der Waals surface area contributed by atoms with E-state index in [0.29, 0.717) is 19.5 Å². The Balaban J connectivity index is 0.00000162. The fourth-order valence-electron chi connectivity index (χ4n) is 1.71. The van der Waals surface area contributed by atoms with Crippen LogP contribution in [0.2, 0.25) is 0 Å². The molecule has 0 saturated carbocycles. The van der Waals surface area contributed by atoms with E-state index in [4.69, 9.17) is 4.42 Å². The van der Waals surface area contributed by atoms with Crippen LogP contribution in [0.1, 0.15) is 5.76 Å². The number of carbonyl (C=O) groups excluding carboxylic acids is 1. The number of para-hydroxylation sites is 1. The zero-order chi connectivity index (χ0) is 12.1. The van der Waals surface area contributed by atoms with Crippen LogP contribution in [-0.4, -0.2) is 26.0 Å². The number of nitrogens with one attached hydrogen (secondary N) is 2. The van der Waals surface area contributed by atoms with Crippen molar-refractivity contribution in [1.29, 1.82) is 0 Å². The van der Waals surface area contributed by atoms with Gasteiger partial charge in [0.2, 0.25) is 5.91 Å². The number of amides is 1. The summed E-state index contributed by atoms with van der Waals surface area (Å²) in [6, 6.07) is 9.90. The van der Waals surface area contributed by atoms with Gasteiger partial charge in [-0.2, -0.15) is 0 Å². The SMILES string of the molecule is CNCC(=O)NCCc1cc2ccccc2o1.Cl. The van der Waals surface area contributed by atoms with E-state index in [1.165, 1.54) is 0 Å². The Morgan fingerprint density at radius 1 is 1.33 bits per heavy atom. The summed E-state index contributed by atoms with van der Waals surface area (Å²) >= 11 is 0. The van der Waals surface area contributed by atoms with Crippen molar-refractivity contribution in [2.24, 2.45) is 0 Å². The molecule has 1 heterocycles. The molecule has 0 bridgehead atoms. The lowest BCUT2D eigenvalue weighted by molar-refractivity contribution is -0.120. The minimum absolute atomic E-state index is 0. The second kappa shape index (κ2) is 7.03. The van der Waals surface area contributed by atoms with E-state index >= 15 is 0 Å². The van der Waals surface area contributed by atoms with Crippen molar-refractivity contribution in [2.45, 2.75) is 6.42 Å². The molecule has 0 aliphatic carbocycles. The highest BCUT2D eigenvalue weighted by Crippen LogP contribution is 2.18. The van der Waals surface area contributed by atoms with E-state index in [2.05, 4.69) is 10.6 Å². The molecule has 2 N–H and O–H groups in total. The molecule has 5 heteroatoms. The number of halogens is 1. The van der Waals surface area contributed by atoms with Crippen LogP contribution in [0.15, 0.2) is 34.7 Å². The average molecular weight is 269 g/mol. The Morgan fingerprint density at radius 2 is 2.11 bits per heavy atom. The Hall–Kier alpha value is -1.52. The van der Waals surface area contributed by atoms with E-state index < -0.39 is 0 Å². The van der Waals surface area contributed by atoms with Crippen LogP contribution in [0, 0.1) is 0 Å². The first kappa shape index (κ1) is 14.5. The van der Waals surface area contributed by atoms with Crippen LogP contribution >= 0.6 is 12.4 Å². The molecule has 0 atom stereocenters. The summed E-state index contributed by atoms with van der Waals surface area (Å²) in [4.78, 5) is 11.2. The average Bonchev–Trinajstić information content (AvgIpc) is 2.71. The summed E-state index contributed by atoms with van der Waals surface area (Å²) < 4.78 is 5.64. The minimum Gasteiger partial charge on any atom is -0.461 e. The predicted molar refractivity (Wildman–Crippen MR) is 74.1 cm³/mol. The molecule has 2 aromatic rings. The summed E-state index contributed by atoms with van der Waals surface area (Å²) in [6.07, 6.45) is 0.712. The number of furan rings is 1. The van der Waals surface area contributed by atoms with Crippen LogP contribution in [0.3, 0.4) is 0 Å². The molecule has 0 aliphatic heterocycles. The first-order valence-corrected chi connectivity index (χ1v) is 5.68. The lowest BCUT2D eigenvalue weighted by atomic mass is 10.2. The molecule has 1 amide bonds. The third-order valence-corrected chi connectivity index (χ3v) is 2.51. The molecule has 1 aromatic carbocycles. The molecule has 1 aromatic heterocycles. The van der Waals surface area contributed by atoms with Crippen LogP contribution < -0.4 is 10.6 Å². The molecule has 0 radical (unpaired) electrons. The molecule has 0 unspecified atom stereocenters. The minimum atomic E-state index is 0. The van der Waals surface area contributed by atoms with Gasteiger partial charge in [-0.15, -0.1) is 12.4 Å². The maximum Gasteiger partial charge on any atom is 0.233 e. The topological polar surface area (TPSA) is 54.3 Å². The highest BCUT2D eigenvalue weighted by molar-refractivity contribution is 5.85. The third kappa shape index (κ3) is 3.75. The van der Waals surface area contributed by atoms with Gasteiger partial charge in [0, 0.05) is 18.4 Å². The summed E-state index contributed by atoms with van der Waals surface area (Å²) in [6.45, 7) is 0.945. The molecule has 18 heavy (non-hydrogen) atoms. The molecule has 2 rings (SSSR count). The first-order chi connectivity index (χ1) is 8.29. The van der Waals surface area contributed by atoms with Crippen molar-refractivity contribution in [2.75, 3.05) is 20.1 Å². The normalized spacial score (nSPS) is 10.1. The fraction of sp³-hybridized carbons (Fsp3) is 0.308. The number of carbonyl (C=O) groups is 1. The summed E-state index contributed by atoms with van der Waals surface area (Å²) in [5.41, 5.74) is 0.893. The van der Waals surface area contributed by atoms with E-state index in [-0.39, 0.29) is 18.3 Å². The Morgan fingerprint density at radius 3 is 2.83 bits per heavy atom. The van der Waals surface area contributed by atoms with Crippen molar-refractivity contribution in [3.05, 3.63) is 36.1 Å². The van der Waals surface area contributed by atoms with Gasteiger partial charge < -0.3 is 15.1 Å². The molecule has 0 spiro atoms. The zero-order valence-corrected chi connectivity index (χ0v) is 11.0. The van der Waals surface area contributed by atoms with Crippen LogP contribution in [0.4, 0.5) is 0 Å². The molecular weight excluding hydrogens is 252 g/mol. The number of hydrogen-bond acceptors (Lipinski definition) is 3. The standard InChI is InChI=1S/C13H16N2O2.ClH/c1-14-9-13(16)15-7-6-11-8-10-4-2-3-5-12(10)17-11;/h2-5,8,14H,6-7,9H2,1H3,(H,15,16);1H. The smallest absolute Gasteiger partial charge is 0.233 e. The van der Waals surface area contributed by atoms with Gasteiger partial charge >= 0.3 is 0 Å². The van der Waals surface area contributed by atoms with Crippen molar-refractivity contribution in [1.82, 2.24) is 10.6 Å². The third-order valence-electron chi connectivity index (χ3n) is 2.51. The van der Waals surface area contributed by atoms with E-state index in [1.807, 2.05) is 30.3 Å². The van der Waals surface area contributed by atoms with Gasteiger partial charge in [-0.25, -0.2) is 0 Å². The second-order valence-corrected chi connectivity index (χ2v) is 3.88. The maximum absolute atomic E-state index is 11.2. The van der Waals surface area contributed by atoms with Gasteiger partial charge in [-0.1, -0.05) is 18.2 Å². The lowest BCUT2D eigenvalue weighted by Crippen LogP contribution is -2.33. The molecular formula is C13H17ClN2O2. The number of fused-ring (bicyclic) bond motifs is 1. The summed E-state index contributed by atoms with van der Waals surface area (Å²) in [5.74, 6) is 0.902. The summed E-state index contributed by atoms with van der Waals surface area (Å²) in [7, 11) is 1.75. The first-order valence-electron chi connectivity index (χ1n) is 5.68. The molecule has 0 aliphatic rings. The predicted octanol–water partition coefficient (Wildman–Crippen LogP) is 1.73. The molecule has 98 valence electrons. The monoisotopic (exact) mass is 268 g/mol. The number of likely N-dealkylation sites (N-methyl/N-ethyl adjacent to an activating group) is 1. The fourth-order valence-corrected chi connectivity index (χ4v) is 1.71. The number of hydrogen-bond donors (Lipinski definition) is 2. The van der Waals surface area contributed by atoms with Crippen molar-refractivity contribution in [3.8, 4) is 0 Å². The number of rotatable bonds is 5. The van der Waals surface area contributed by atoms with Crippen LogP contribution in [0.5, 0.6) is 0 Å². The highest BCUT2D eigenvalue weighted by atomic mass is 35.5. The second-order valence-electron chi connectivity index (χ2n) is 3.88. The van der Waals surface area contributed by atoms with E-state index in [0.717, 1.165) is 16.7 Å². The lowest BCUT2D eigenvalue weighted by Gasteiger charge is -2.02. The molecule has 0 saturated heterocycles. The van der Waals surface area contributed by atoms with Crippen molar-refractivity contribution < 1.29 is 9.21 Å². The van der Waals surface area contributed by atoms with E-state index in [9.17, 15) is 4.79 Å². The Labute approximate surface area is 112 Å². The van der Waals surface area contributed by atoms with Gasteiger partial charge in [0.05, 0.1) is 6.54 Å². The van der Waals surface area contributed by atoms with E-state index in [1.54, 1.807) is 7.05 Å². The van der Waals surface area contributed by atoms with Gasteiger partial charge in [0.15, 0.2) is 0 Å². The Kier molecular flexibility index (Phi) is 5.68. The van der Waals surface area contributed by atoms with Crippen LogP contribution in [0.25, 0.3) is 11.0 Å². The molecule has 0 fully saturated rings. The highest BCUT2D eigenvalue weighted by Gasteiger charge is 2.03. The van der Waals surface area contributed by atoms with Gasteiger partial charge in [-0.05, 0) is 19.2 Å². The van der Waals surface area contributed by atoms with Crippen molar-refractivity contribution >= 4 is 29.3 Å².